The van der Waals surface area contributed by atoms with Gasteiger partial charge in [-0.1, -0.05) is 42.8 Å². The Labute approximate surface area is 152 Å². The van der Waals surface area contributed by atoms with Gasteiger partial charge in [0.05, 0.1) is 11.6 Å². The maximum atomic E-state index is 13.1. The maximum absolute atomic E-state index is 13.1. The van der Waals surface area contributed by atoms with Crippen molar-refractivity contribution in [3.05, 3.63) is 64.7 Å². The molecular weight excluding hydrogens is 336 g/mol. The summed E-state index contributed by atoms with van der Waals surface area (Å²) in [7, 11) is 0. The van der Waals surface area contributed by atoms with Crippen LogP contribution in [0.2, 0.25) is 5.02 Å². The van der Waals surface area contributed by atoms with Crippen molar-refractivity contribution in [3.8, 4) is 0 Å². The molecule has 2 amide bonds. The van der Waals surface area contributed by atoms with Crippen LogP contribution >= 0.6 is 11.6 Å². The molecule has 0 saturated heterocycles. The molecule has 5 heteroatoms. The molecule has 128 valence electrons. The van der Waals surface area contributed by atoms with Crippen molar-refractivity contribution in [2.75, 3.05) is 4.90 Å². The lowest BCUT2D eigenvalue weighted by molar-refractivity contribution is -0.118. The van der Waals surface area contributed by atoms with E-state index in [2.05, 4.69) is 4.99 Å². The van der Waals surface area contributed by atoms with Crippen LogP contribution in [-0.4, -0.2) is 24.1 Å². The van der Waals surface area contributed by atoms with Crippen LogP contribution in [-0.2, 0) is 4.79 Å². The van der Waals surface area contributed by atoms with Gasteiger partial charge in [0.15, 0.2) is 0 Å². The number of halogens is 1. The molecule has 2 atom stereocenters. The minimum absolute atomic E-state index is 0.122. The van der Waals surface area contributed by atoms with Gasteiger partial charge in [0, 0.05) is 22.8 Å². The van der Waals surface area contributed by atoms with Crippen molar-refractivity contribution in [1.29, 1.82) is 0 Å². The first-order valence-corrected chi connectivity index (χ1v) is 8.66. The maximum Gasteiger partial charge on any atom is 0.265 e. The number of carbonyl (C=O) groups excluding carboxylic acids is 2. The molecule has 1 unspecified atom stereocenters. The molecule has 1 heterocycles. The number of hydrogen-bond donors (Lipinski definition) is 0. The second-order valence-electron chi connectivity index (χ2n) is 6.08. The van der Waals surface area contributed by atoms with Crippen LogP contribution in [0, 0.1) is 0 Å². The van der Waals surface area contributed by atoms with E-state index < -0.39 is 5.92 Å². The molecule has 0 bridgehead atoms. The molecule has 0 aliphatic carbocycles. The third-order valence-electron chi connectivity index (χ3n) is 4.36. The van der Waals surface area contributed by atoms with Gasteiger partial charge in [-0.2, -0.15) is 0 Å². The second kappa shape index (κ2) is 7.19. The number of fused-ring (bicyclic) bond motifs is 1. The summed E-state index contributed by atoms with van der Waals surface area (Å²) in [5.74, 6) is -1.23. The van der Waals surface area contributed by atoms with Gasteiger partial charge in [0.25, 0.3) is 5.91 Å². The molecule has 1 aliphatic heterocycles. The van der Waals surface area contributed by atoms with Gasteiger partial charge in [-0.05, 0) is 43.2 Å². The van der Waals surface area contributed by atoms with Crippen molar-refractivity contribution in [1.82, 2.24) is 0 Å². The highest BCUT2D eigenvalue weighted by Crippen LogP contribution is 2.32. The lowest BCUT2D eigenvalue weighted by Gasteiger charge is -2.31. The van der Waals surface area contributed by atoms with Crippen molar-refractivity contribution < 1.29 is 9.59 Å². The van der Waals surface area contributed by atoms with Crippen molar-refractivity contribution in [3.63, 3.8) is 0 Å². The minimum Gasteiger partial charge on any atom is -0.293 e. The number of anilines is 1. The zero-order valence-corrected chi connectivity index (χ0v) is 14.9. The monoisotopic (exact) mass is 354 g/mol. The molecule has 3 rings (SSSR count). The molecule has 2 aromatic carbocycles. The number of benzene rings is 2. The molecule has 0 radical (unpaired) electrons. The SMILES string of the molecule is CC[C@H](C)N=CC1C(=O)N(c2cccc(Cl)c2)C(=O)c2ccccc21. The van der Waals surface area contributed by atoms with E-state index in [-0.39, 0.29) is 17.9 Å². The van der Waals surface area contributed by atoms with Gasteiger partial charge in [0.1, 0.15) is 0 Å². The van der Waals surface area contributed by atoms with Crippen LogP contribution in [0.3, 0.4) is 0 Å². The zero-order valence-electron chi connectivity index (χ0n) is 14.1. The van der Waals surface area contributed by atoms with E-state index in [1.54, 1.807) is 42.6 Å². The van der Waals surface area contributed by atoms with Gasteiger partial charge < -0.3 is 0 Å². The summed E-state index contributed by atoms with van der Waals surface area (Å²) in [5.41, 5.74) is 1.68. The normalized spacial score (nSPS) is 18.5. The standard InChI is InChI=1S/C20H19ClN2O2/c1-3-13(2)22-12-18-16-9-4-5-10-17(16)19(24)23(20(18)25)15-8-6-7-14(21)11-15/h4-13,18H,3H2,1-2H3/t13-,18?/m0/s1. The lowest BCUT2D eigenvalue weighted by atomic mass is 9.89. The lowest BCUT2D eigenvalue weighted by Crippen LogP contribution is -2.45. The zero-order chi connectivity index (χ0) is 18.0. The summed E-state index contributed by atoms with van der Waals surface area (Å²) < 4.78 is 0. The quantitative estimate of drug-likeness (QED) is 0.600. The number of imide groups is 1. The van der Waals surface area contributed by atoms with Gasteiger partial charge in [-0.3, -0.25) is 14.6 Å². The Bertz CT molecular complexity index is 847. The summed E-state index contributed by atoms with van der Waals surface area (Å²) in [6, 6.07) is 14.1. The fourth-order valence-electron chi connectivity index (χ4n) is 2.80. The van der Waals surface area contributed by atoms with E-state index in [1.165, 1.54) is 4.90 Å². The first-order chi connectivity index (χ1) is 12.0. The molecule has 2 aromatic rings. The third kappa shape index (κ3) is 3.35. The average Bonchev–Trinajstić information content (AvgIpc) is 2.61. The van der Waals surface area contributed by atoms with E-state index in [4.69, 9.17) is 11.6 Å². The van der Waals surface area contributed by atoms with E-state index in [0.29, 0.717) is 21.8 Å². The molecule has 0 N–H and O–H groups in total. The highest BCUT2D eigenvalue weighted by Gasteiger charge is 2.38. The predicted molar refractivity (Wildman–Crippen MR) is 101 cm³/mol. The van der Waals surface area contributed by atoms with Gasteiger partial charge >= 0.3 is 0 Å². The highest BCUT2D eigenvalue weighted by atomic mass is 35.5. The van der Waals surface area contributed by atoms with Crippen molar-refractivity contribution >= 4 is 35.3 Å². The Morgan fingerprint density at radius 3 is 2.68 bits per heavy atom. The first kappa shape index (κ1) is 17.4. The fraction of sp³-hybridized carbons (Fsp3) is 0.250. The van der Waals surface area contributed by atoms with E-state index >= 15 is 0 Å². The Hall–Kier alpha value is -2.46. The molecule has 1 aliphatic rings. The number of carbonyl (C=O) groups is 2. The largest absolute Gasteiger partial charge is 0.293 e. The first-order valence-electron chi connectivity index (χ1n) is 8.29. The summed E-state index contributed by atoms with van der Waals surface area (Å²) in [6.07, 6.45) is 2.55. The van der Waals surface area contributed by atoms with E-state index in [9.17, 15) is 9.59 Å². The van der Waals surface area contributed by atoms with Gasteiger partial charge in [0.2, 0.25) is 5.91 Å². The summed E-state index contributed by atoms with van der Waals surface area (Å²) in [6.45, 7) is 4.04. The van der Waals surface area contributed by atoms with Crippen LogP contribution in [0.15, 0.2) is 53.5 Å². The highest BCUT2D eigenvalue weighted by molar-refractivity contribution is 6.32. The number of rotatable bonds is 4. The molecule has 0 spiro atoms. The Morgan fingerprint density at radius 2 is 1.96 bits per heavy atom. The smallest absolute Gasteiger partial charge is 0.265 e. The Morgan fingerprint density at radius 1 is 1.20 bits per heavy atom. The van der Waals surface area contributed by atoms with Gasteiger partial charge in [-0.15, -0.1) is 0 Å². The number of amides is 2. The summed E-state index contributed by atoms with van der Waals surface area (Å²) >= 11 is 6.04. The van der Waals surface area contributed by atoms with Crippen LogP contribution in [0.4, 0.5) is 5.69 Å². The number of nitrogens with zero attached hydrogens (tertiary/aromatic N) is 2. The summed E-state index contributed by atoms with van der Waals surface area (Å²) in [4.78, 5) is 31.7. The van der Waals surface area contributed by atoms with E-state index in [0.717, 1.165) is 6.42 Å². The van der Waals surface area contributed by atoms with Crippen molar-refractivity contribution in [2.24, 2.45) is 4.99 Å². The van der Waals surface area contributed by atoms with E-state index in [1.807, 2.05) is 26.0 Å². The number of hydrogen-bond acceptors (Lipinski definition) is 3. The van der Waals surface area contributed by atoms with Crippen molar-refractivity contribution in [2.45, 2.75) is 32.2 Å². The Balaban J connectivity index is 2.10. The molecule has 25 heavy (non-hydrogen) atoms. The van der Waals surface area contributed by atoms with Crippen LogP contribution in [0.25, 0.3) is 0 Å². The minimum atomic E-state index is -0.582. The van der Waals surface area contributed by atoms with Crippen LogP contribution in [0.1, 0.15) is 42.1 Å². The molecule has 0 aromatic heterocycles. The molecule has 4 nitrogen and oxygen atoms in total. The topological polar surface area (TPSA) is 49.7 Å². The average molecular weight is 355 g/mol. The second-order valence-corrected chi connectivity index (χ2v) is 6.52. The number of aliphatic imine (C=N–C) groups is 1. The molecule has 0 fully saturated rings. The fourth-order valence-corrected chi connectivity index (χ4v) is 2.98. The molecular formula is C20H19ClN2O2. The van der Waals surface area contributed by atoms with Crippen LogP contribution in [0.5, 0.6) is 0 Å². The third-order valence-corrected chi connectivity index (χ3v) is 4.60. The van der Waals surface area contributed by atoms with Gasteiger partial charge in [-0.25, -0.2) is 4.90 Å². The Kier molecular flexibility index (Phi) is 5.00. The van der Waals surface area contributed by atoms with Crippen LogP contribution < -0.4 is 4.90 Å². The summed E-state index contributed by atoms with van der Waals surface area (Å²) in [5, 5.41) is 0.474. The predicted octanol–water partition coefficient (Wildman–Crippen LogP) is 4.48. The molecule has 0 saturated carbocycles.